The normalized spacial score (nSPS) is 21.8. The van der Waals surface area contributed by atoms with E-state index in [2.05, 4.69) is 29.1 Å². The molecule has 1 aliphatic rings. The Kier molecular flexibility index (Phi) is 5.71. The van der Waals surface area contributed by atoms with Crippen LogP contribution in [0, 0.1) is 11.8 Å². The van der Waals surface area contributed by atoms with E-state index in [9.17, 15) is 9.90 Å². The highest BCUT2D eigenvalue weighted by Gasteiger charge is 2.23. The lowest BCUT2D eigenvalue weighted by Crippen LogP contribution is -2.24. The molecule has 0 saturated heterocycles. The van der Waals surface area contributed by atoms with Gasteiger partial charge >= 0.3 is 0 Å². The summed E-state index contributed by atoms with van der Waals surface area (Å²) in [5.41, 5.74) is 6.50. The average molecular weight is 306 g/mol. The number of primary amides is 1. The van der Waals surface area contributed by atoms with Gasteiger partial charge in [0, 0.05) is 12.7 Å². The minimum Gasteiger partial charge on any atom is -0.393 e. The van der Waals surface area contributed by atoms with Gasteiger partial charge in [-0.2, -0.15) is 0 Å². The molecule has 1 aliphatic carbocycles. The van der Waals surface area contributed by atoms with Crippen LogP contribution in [0.15, 0.2) is 6.20 Å². The van der Waals surface area contributed by atoms with Gasteiger partial charge in [-0.05, 0) is 37.5 Å². The Balaban J connectivity index is 2.14. The van der Waals surface area contributed by atoms with Crippen LogP contribution in [0.1, 0.15) is 55.6 Å². The highest BCUT2D eigenvalue weighted by atomic mass is 16.3. The van der Waals surface area contributed by atoms with Crippen LogP contribution in [0.5, 0.6) is 0 Å². The van der Waals surface area contributed by atoms with Crippen molar-refractivity contribution < 1.29 is 9.90 Å². The highest BCUT2D eigenvalue weighted by molar-refractivity contribution is 5.93. The Morgan fingerprint density at radius 2 is 2.27 bits per heavy atom. The van der Waals surface area contributed by atoms with E-state index in [1.807, 2.05) is 0 Å². The number of anilines is 1. The number of aliphatic hydroxyl groups excluding tert-OH is 1. The Morgan fingerprint density at radius 1 is 1.50 bits per heavy atom. The molecular formula is C16H26N4O2. The smallest absolute Gasteiger partial charge is 0.252 e. The molecule has 1 aromatic rings. The van der Waals surface area contributed by atoms with Gasteiger partial charge in [0.2, 0.25) is 5.95 Å². The van der Waals surface area contributed by atoms with Crippen molar-refractivity contribution >= 4 is 11.9 Å². The van der Waals surface area contributed by atoms with E-state index in [4.69, 9.17) is 5.73 Å². The number of carbonyl (C=O) groups is 1. The second-order valence-electron chi connectivity index (χ2n) is 6.58. The molecule has 4 N–H and O–H groups in total. The predicted octanol–water partition coefficient (Wildman–Crippen LogP) is 1.74. The van der Waals surface area contributed by atoms with Crippen LogP contribution < -0.4 is 11.1 Å². The van der Waals surface area contributed by atoms with Crippen molar-refractivity contribution in [2.24, 2.45) is 17.6 Å². The summed E-state index contributed by atoms with van der Waals surface area (Å²) in [5, 5.41) is 13.0. The van der Waals surface area contributed by atoms with Gasteiger partial charge in [0.25, 0.3) is 5.91 Å². The molecule has 22 heavy (non-hydrogen) atoms. The minimum absolute atomic E-state index is 0.240. The lowest BCUT2D eigenvalue weighted by atomic mass is 9.84. The minimum atomic E-state index is -0.498. The topological polar surface area (TPSA) is 101 Å². The van der Waals surface area contributed by atoms with E-state index in [0.29, 0.717) is 35.5 Å². The molecule has 1 heterocycles. The number of hydrogen-bond acceptors (Lipinski definition) is 5. The van der Waals surface area contributed by atoms with Crippen molar-refractivity contribution in [3.05, 3.63) is 17.5 Å². The largest absolute Gasteiger partial charge is 0.393 e. The van der Waals surface area contributed by atoms with Crippen LogP contribution in [0.3, 0.4) is 0 Å². The van der Waals surface area contributed by atoms with Crippen LogP contribution in [0.2, 0.25) is 0 Å². The third-order valence-electron chi connectivity index (χ3n) is 4.04. The first-order valence-electron chi connectivity index (χ1n) is 8.03. The Bertz CT molecular complexity index is 519. The molecule has 122 valence electrons. The molecule has 0 aromatic carbocycles. The molecule has 0 unspecified atom stereocenters. The quantitative estimate of drug-likeness (QED) is 0.743. The summed E-state index contributed by atoms with van der Waals surface area (Å²) < 4.78 is 0. The lowest BCUT2D eigenvalue weighted by molar-refractivity contribution is 0.0987. The predicted molar refractivity (Wildman–Crippen MR) is 85.5 cm³/mol. The summed E-state index contributed by atoms with van der Waals surface area (Å²) in [6.07, 6.45) is 5.62. The number of nitrogens with two attached hydrogens (primary N) is 1. The van der Waals surface area contributed by atoms with Gasteiger partial charge in [0.1, 0.15) is 0 Å². The van der Waals surface area contributed by atoms with Gasteiger partial charge in [-0.15, -0.1) is 0 Å². The van der Waals surface area contributed by atoms with Gasteiger partial charge in [0.05, 0.1) is 17.4 Å². The third-order valence-corrected chi connectivity index (χ3v) is 4.04. The molecular weight excluding hydrogens is 280 g/mol. The zero-order valence-electron chi connectivity index (χ0n) is 13.4. The summed E-state index contributed by atoms with van der Waals surface area (Å²) in [6.45, 7) is 4.99. The standard InChI is InChI=1S/C16H26N4O2/c1-10(2)8-18-16-19-9-13(15(17)22)14(20-16)7-11-4-3-5-12(21)6-11/h9-12,21H,3-8H2,1-2H3,(H2,17,22)(H,18,19,20)/t11-,12+/m1/s1. The van der Waals surface area contributed by atoms with Crippen LogP contribution in [-0.4, -0.2) is 33.6 Å². The Hall–Kier alpha value is -1.69. The Labute approximate surface area is 131 Å². The molecule has 0 aliphatic heterocycles. The highest BCUT2D eigenvalue weighted by Crippen LogP contribution is 2.27. The summed E-state index contributed by atoms with van der Waals surface area (Å²) in [4.78, 5) is 20.2. The van der Waals surface area contributed by atoms with E-state index in [1.165, 1.54) is 6.20 Å². The van der Waals surface area contributed by atoms with Gasteiger partial charge in [0.15, 0.2) is 0 Å². The first-order chi connectivity index (χ1) is 10.5. The maximum atomic E-state index is 11.6. The molecule has 0 radical (unpaired) electrons. The number of hydrogen-bond donors (Lipinski definition) is 3. The van der Waals surface area contributed by atoms with Crippen LogP contribution in [-0.2, 0) is 6.42 Å². The van der Waals surface area contributed by atoms with Crippen LogP contribution in [0.4, 0.5) is 5.95 Å². The van der Waals surface area contributed by atoms with Crippen molar-refractivity contribution in [3.8, 4) is 0 Å². The third kappa shape index (κ3) is 4.66. The molecule has 0 spiro atoms. The van der Waals surface area contributed by atoms with E-state index in [1.54, 1.807) is 0 Å². The lowest BCUT2D eigenvalue weighted by Gasteiger charge is -2.26. The number of aromatic nitrogens is 2. The SMILES string of the molecule is CC(C)CNc1ncc(C(N)=O)c(C[C@@H]2CCC[C@H](O)C2)n1. The molecule has 1 amide bonds. The number of amides is 1. The first kappa shape index (κ1) is 16.7. The average Bonchev–Trinajstić information content (AvgIpc) is 2.45. The monoisotopic (exact) mass is 306 g/mol. The van der Waals surface area contributed by atoms with Crippen LogP contribution >= 0.6 is 0 Å². The van der Waals surface area contributed by atoms with Gasteiger partial charge in [-0.25, -0.2) is 9.97 Å². The van der Waals surface area contributed by atoms with Crippen molar-refractivity contribution in [3.63, 3.8) is 0 Å². The molecule has 0 bridgehead atoms. The van der Waals surface area contributed by atoms with Crippen molar-refractivity contribution in [2.45, 2.75) is 52.1 Å². The molecule has 2 atom stereocenters. The maximum absolute atomic E-state index is 11.6. The van der Waals surface area contributed by atoms with Crippen molar-refractivity contribution in [1.29, 1.82) is 0 Å². The van der Waals surface area contributed by atoms with E-state index in [-0.39, 0.29) is 6.10 Å². The first-order valence-corrected chi connectivity index (χ1v) is 8.03. The summed E-state index contributed by atoms with van der Waals surface area (Å²) >= 11 is 0. The van der Waals surface area contributed by atoms with E-state index in [0.717, 1.165) is 32.2 Å². The zero-order valence-corrected chi connectivity index (χ0v) is 13.4. The van der Waals surface area contributed by atoms with E-state index < -0.39 is 5.91 Å². The molecule has 1 saturated carbocycles. The fourth-order valence-corrected chi connectivity index (χ4v) is 2.88. The summed E-state index contributed by atoms with van der Waals surface area (Å²) in [7, 11) is 0. The fraction of sp³-hybridized carbons (Fsp3) is 0.688. The second-order valence-corrected chi connectivity index (χ2v) is 6.58. The molecule has 2 rings (SSSR count). The zero-order chi connectivity index (χ0) is 16.1. The van der Waals surface area contributed by atoms with Gasteiger partial charge in [-0.3, -0.25) is 4.79 Å². The van der Waals surface area contributed by atoms with Crippen molar-refractivity contribution in [2.75, 3.05) is 11.9 Å². The summed E-state index contributed by atoms with van der Waals surface area (Å²) in [5.74, 6) is 0.859. The maximum Gasteiger partial charge on any atom is 0.252 e. The number of rotatable bonds is 6. The number of carbonyl (C=O) groups excluding carboxylic acids is 1. The number of nitrogens with zero attached hydrogens (tertiary/aromatic N) is 2. The summed E-state index contributed by atoms with van der Waals surface area (Å²) in [6, 6.07) is 0. The van der Waals surface area contributed by atoms with E-state index >= 15 is 0 Å². The van der Waals surface area contributed by atoms with Crippen molar-refractivity contribution in [1.82, 2.24) is 9.97 Å². The van der Waals surface area contributed by atoms with Gasteiger partial charge < -0.3 is 16.2 Å². The Morgan fingerprint density at radius 3 is 2.91 bits per heavy atom. The number of nitrogens with one attached hydrogen (secondary N) is 1. The molecule has 1 fully saturated rings. The second kappa shape index (κ2) is 7.54. The molecule has 1 aromatic heterocycles. The molecule has 6 nitrogen and oxygen atoms in total. The van der Waals surface area contributed by atoms with Crippen LogP contribution in [0.25, 0.3) is 0 Å². The molecule has 6 heteroatoms. The fourth-order valence-electron chi connectivity index (χ4n) is 2.88. The number of aliphatic hydroxyl groups is 1. The van der Waals surface area contributed by atoms with Gasteiger partial charge in [-0.1, -0.05) is 20.3 Å².